The summed E-state index contributed by atoms with van der Waals surface area (Å²) in [5.74, 6) is 0.574. The Balaban J connectivity index is 1.69. The van der Waals surface area contributed by atoms with Crippen molar-refractivity contribution in [2.24, 2.45) is 0 Å². The first-order valence-electron chi connectivity index (χ1n) is 8.54. The van der Waals surface area contributed by atoms with Gasteiger partial charge in [0.1, 0.15) is 6.33 Å². The maximum Gasteiger partial charge on any atom is 0.234 e. The van der Waals surface area contributed by atoms with E-state index in [4.69, 9.17) is 0 Å². The first-order valence-corrected chi connectivity index (χ1v) is 9.52. The molecule has 134 valence electrons. The van der Waals surface area contributed by atoms with Gasteiger partial charge in [-0.2, -0.15) is 0 Å². The van der Waals surface area contributed by atoms with Gasteiger partial charge in [-0.1, -0.05) is 62.0 Å². The predicted molar refractivity (Wildman–Crippen MR) is 106 cm³/mol. The van der Waals surface area contributed by atoms with Crippen molar-refractivity contribution in [3.63, 3.8) is 0 Å². The van der Waals surface area contributed by atoms with Crippen LogP contribution < -0.4 is 5.32 Å². The van der Waals surface area contributed by atoms with Crippen LogP contribution in [0, 0.1) is 6.92 Å². The Morgan fingerprint density at radius 2 is 1.92 bits per heavy atom. The van der Waals surface area contributed by atoms with Gasteiger partial charge in [0.15, 0.2) is 5.16 Å². The fourth-order valence-electron chi connectivity index (χ4n) is 2.74. The Hall–Kier alpha value is -2.60. The van der Waals surface area contributed by atoms with E-state index < -0.39 is 0 Å². The van der Waals surface area contributed by atoms with E-state index in [1.165, 1.54) is 11.8 Å². The molecule has 0 spiro atoms. The smallest absolute Gasteiger partial charge is 0.234 e. The lowest BCUT2D eigenvalue weighted by Gasteiger charge is -2.16. The molecule has 6 heteroatoms. The molecule has 0 aliphatic rings. The topological polar surface area (TPSA) is 59.8 Å². The van der Waals surface area contributed by atoms with Crippen LogP contribution in [0.25, 0.3) is 5.69 Å². The van der Waals surface area contributed by atoms with E-state index in [2.05, 4.69) is 35.4 Å². The van der Waals surface area contributed by atoms with Gasteiger partial charge in [0.25, 0.3) is 0 Å². The number of carbonyl (C=O) groups is 1. The third-order valence-electron chi connectivity index (χ3n) is 4.07. The first-order chi connectivity index (χ1) is 12.6. The number of benzene rings is 2. The van der Waals surface area contributed by atoms with Crippen molar-refractivity contribution >= 4 is 23.4 Å². The van der Waals surface area contributed by atoms with Crippen LogP contribution in [0.4, 0.5) is 5.69 Å². The highest BCUT2D eigenvalue weighted by Crippen LogP contribution is 2.28. The molecule has 0 saturated heterocycles. The molecule has 3 rings (SSSR count). The molecule has 5 nitrogen and oxygen atoms in total. The summed E-state index contributed by atoms with van der Waals surface area (Å²) in [6, 6.07) is 15.9. The second-order valence-electron chi connectivity index (χ2n) is 6.35. The van der Waals surface area contributed by atoms with Crippen molar-refractivity contribution < 1.29 is 4.79 Å². The minimum Gasteiger partial charge on any atom is -0.325 e. The lowest BCUT2D eigenvalue weighted by molar-refractivity contribution is -0.113. The van der Waals surface area contributed by atoms with E-state index >= 15 is 0 Å². The number of para-hydroxylation sites is 2. The number of hydrogen-bond donors (Lipinski definition) is 1. The number of amides is 1. The van der Waals surface area contributed by atoms with Gasteiger partial charge in [-0.25, -0.2) is 0 Å². The minimum absolute atomic E-state index is 0.0474. The van der Waals surface area contributed by atoms with Crippen LogP contribution in [0.1, 0.15) is 30.9 Å². The zero-order chi connectivity index (χ0) is 18.5. The van der Waals surface area contributed by atoms with Gasteiger partial charge in [-0.05, 0) is 36.1 Å². The predicted octanol–water partition coefficient (Wildman–Crippen LogP) is 4.43. The molecule has 26 heavy (non-hydrogen) atoms. The number of aryl methyl sites for hydroxylation is 1. The van der Waals surface area contributed by atoms with Crippen LogP contribution in [-0.4, -0.2) is 26.4 Å². The maximum absolute atomic E-state index is 12.5. The van der Waals surface area contributed by atoms with Crippen molar-refractivity contribution in [2.75, 3.05) is 11.1 Å². The van der Waals surface area contributed by atoms with Crippen molar-refractivity contribution in [1.82, 2.24) is 14.8 Å². The van der Waals surface area contributed by atoms with E-state index in [-0.39, 0.29) is 11.7 Å². The van der Waals surface area contributed by atoms with E-state index in [9.17, 15) is 4.79 Å². The van der Waals surface area contributed by atoms with Crippen molar-refractivity contribution in [1.29, 1.82) is 0 Å². The number of carbonyl (C=O) groups excluding carboxylic acids is 1. The van der Waals surface area contributed by atoms with Gasteiger partial charge in [0.05, 0.1) is 5.75 Å². The highest BCUT2D eigenvalue weighted by Gasteiger charge is 2.14. The summed E-state index contributed by atoms with van der Waals surface area (Å²) in [6.45, 7) is 6.27. The molecule has 0 bridgehead atoms. The normalized spacial score (nSPS) is 10.9. The summed E-state index contributed by atoms with van der Waals surface area (Å²) >= 11 is 1.37. The number of rotatable bonds is 6. The summed E-state index contributed by atoms with van der Waals surface area (Å²) in [5.41, 5.74) is 4.11. The van der Waals surface area contributed by atoms with Gasteiger partial charge in [-0.3, -0.25) is 9.36 Å². The number of nitrogens with zero attached hydrogens (tertiary/aromatic N) is 3. The Kier molecular flexibility index (Phi) is 5.73. The zero-order valence-electron chi connectivity index (χ0n) is 15.1. The van der Waals surface area contributed by atoms with Crippen molar-refractivity contribution in [3.8, 4) is 5.69 Å². The molecule has 0 atom stereocenters. The molecule has 0 aliphatic carbocycles. The molecule has 0 saturated carbocycles. The zero-order valence-corrected chi connectivity index (χ0v) is 16.0. The lowest BCUT2D eigenvalue weighted by atomic mass is 9.98. The molecular formula is C20H22N4OS. The van der Waals surface area contributed by atoms with Crippen LogP contribution in [0.15, 0.2) is 60.0 Å². The first kappa shape index (κ1) is 18.2. The quantitative estimate of drug-likeness (QED) is 0.656. The Labute approximate surface area is 157 Å². The van der Waals surface area contributed by atoms with Crippen LogP contribution in [0.5, 0.6) is 0 Å². The SMILES string of the molecule is Cc1cccc(C(C)C)c1NC(=O)CSc1nncn1-c1ccccc1. The molecule has 1 N–H and O–H groups in total. The highest BCUT2D eigenvalue weighted by atomic mass is 32.2. The molecular weight excluding hydrogens is 344 g/mol. The average molecular weight is 366 g/mol. The third kappa shape index (κ3) is 4.14. The Bertz CT molecular complexity index is 890. The standard InChI is InChI=1S/C20H22N4OS/c1-14(2)17-11-7-8-15(3)19(17)22-18(25)12-26-20-23-21-13-24(20)16-9-5-4-6-10-16/h4-11,13-14H,12H2,1-3H3,(H,22,25). The third-order valence-corrected chi connectivity index (χ3v) is 5.02. The van der Waals surface area contributed by atoms with Gasteiger partial charge < -0.3 is 5.32 Å². The molecule has 2 aromatic carbocycles. The summed E-state index contributed by atoms with van der Waals surface area (Å²) < 4.78 is 1.88. The fourth-order valence-corrected chi connectivity index (χ4v) is 3.47. The van der Waals surface area contributed by atoms with Crippen LogP contribution >= 0.6 is 11.8 Å². The van der Waals surface area contributed by atoms with Gasteiger partial charge in [0.2, 0.25) is 5.91 Å². The van der Waals surface area contributed by atoms with E-state index in [0.717, 1.165) is 22.5 Å². The molecule has 0 fully saturated rings. The molecule has 1 heterocycles. The summed E-state index contributed by atoms with van der Waals surface area (Å²) in [6.07, 6.45) is 1.66. The number of anilines is 1. The van der Waals surface area contributed by atoms with Gasteiger partial charge in [-0.15, -0.1) is 10.2 Å². The number of thioether (sulfide) groups is 1. The van der Waals surface area contributed by atoms with E-state index in [1.54, 1.807) is 6.33 Å². The van der Waals surface area contributed by atoms with Crippen molar-refractivity contribution in [3.05, 3.63) is 66.0 Å². The molecule has 0 unspecified atom stereocenters. The number of aromatic nitrogens is 3. The summed E-state index contributed by atoms with van der Waals surface area (Å²) in [5, 5.41) is 11.9. The molecule has 0 radical (unpaired) electrons. The Morgan fingerprint density at radius 1 is 1.15 bits per heavy atom. The number of nitrogens with one attached hydrogen (secondary N) is 1. The minimum atomic E-state index is -0.0474. The van der Waals surface area contributed by atoms with Crippen LogP contribution in [0.2, 0.25) is 0 Å². The lowest BCUT2D eigenvalue weighted by Crippen LogP contribution is -2.17. The summed E-state index contributed by atoms with van der Waals surface area (Å²) in [4.78, 5) is 12.5. The van der Waals surface area contributed by atoms with E-state index in [0.29, 0.717) is 11.1 Å². The second-order valence-corrected chi connectivity index (χ2v) is 7.29. The second kappa shape index (κ2) is 8.19. The molecule has 0 aliphatic heterocycles. The maximum atomic E-state index is 12.5. The molecule has 1 amide bonds. The average Bonchev–Trinajstić information content (AvgIpc) is 3.11. The molecule has 3 aromatic rings. The molecule has 1 aromatic heterocycles. The monoisotopic (exact) mass is 366 g/mol. The van der Waals surface area contributed by atoms with Gasteiger partial charge in [0, 0.05) is 11.4 Å². The largest absolute Gasteiger partial charge is 0.325 e. The highest BCUT2D eigenvalue weighted by molar-refractivity contribution is 7.99. The van der Waals surface area contributed by atoms with Crippen molar-refractivity contribution in [2.45, 2.75) is 31.8 Å². The van der Waals surface area contributed by atoms with Crippen LogP contribution in [0.3, 0.4) is 0 Å². The fraction of sp³-hybridized carbons (Fsp3) is 0.250. The van der Waals surface area contributed by atoms with Gasteiger partial charge >= 0.3 is 0 Å². The van der Waals surface area contributed by atoms with E-state index in [1.807, 2.05) is 54.0 Å². The number of hydrogen-bond acceptors (Lipinski definition) is 4. The van der Waals surface area contributed by atoms with Crippen LogP contribution in [-0.2, 0) is 4.79 Å². The Morgan fingerprint density at radius 3 is 2.65 bits per heavy atom. The summed E-state index contributed by atoms with van der Waals surface area (Å²) in [7, 11) is 0.